The SMILES string of the molecule is CN1C=CC=CC1C1=C(C2C=CC=CN2C)c2nc1cc1nc(cc3ccc(cc4cc(C5C=CC=CN5C)c([nH]4)c2C2C=CC=CN2C)[nH]3)C=C1. The van der Waals surface area contributed by atoms with Crippen molar-refractivity contribution in [3.8, 4) is 0 Å². The van der Waals surface area contributed by atoms with Gasteiger partial charge in [0.25, 0.3) is 0 Å². The van der Waals surface area contributed by atoms with Crippen LogP contribution in [0.3, 0.4) is 0 Å². The van der Waals surface area contributed by atoms with Crippen LogP contribution in [0.5, 0.6) is 0 Å². The number of nitrogens with zero attached hydrogens (tertiary/aromatic N) is 6. The van der Waals surface area contributed by atoms with Crippen molar-refractivity contribution >= 4 is 45.4 Å². The first-order chi connectivity index (χ1) is 25.4. The zero-order chi connectivity index (χ0) is 35.3. The van der Waals surface area contributed by atoms with Crippen molar-refractivity contribution < 1.29 is 0 Å². The third-order valence-corrected chi connectivity index (χ3v) is 10.6. The van der Waals surface area contributed by atoms with Gasteiger partial charge >= 0.3 is 0 Å². The van der Waals surface area contributed by atoms with Crippen LogP contribution >= 0.6 is 0 Å². The number of H-pyrrole nitrogens is 2. The van der Waals surface area contributed by atoms with Crippen molar-refractivity contribution in [3.63, 3.8) is 0 Å². The number of allylic oxidation sites excluding steroid dienone is 8. The second kappa shape index (κ2) is 12.8. The molecular weight excluding hydrogens is 641 g/mol. The summed E-state index contributed by atoms with van der Waals surface area (Å²) in [6.07, 6.45) is 38.9. The lowest BCUT2D eigenvalue weighted by molar-refractivity contribution is 0.384. The Hall–Kier alpha value is -6.28. The van der Waals surface area contributed by atoms with Gasteiger partial charge in [0, 0.05) is 67.0 Å². The Labute approximate surface area is 304 Å². The van der Waals surface area contributed by atoms with Gasteiger partial charge in [-0.15, -0.1) is 0 Å². The molecule has 6 aliphatic heterocycles. The van der Waals surface area contributed by atoms with Crippen LogP contribution in [0.2, 0.25) is 0 Å². The van der Waals surface area contributed by atoms with Gasteiger partial charge in [0.1, 0.15) is 0 Å². The van der Waals surface area contributed by atoms with Crippen LogP contribution in [-0.4, -0.2) is 79.8 Å². The van der Waals surface area contributed by atoms with Gasteiger partial charge in [-0.05, 0) is 97.7 Å². The van der Waals surface area contributed by atoms with E-state index in [9.17, 15) is 0 Å². The summed E-state index contributed by atoms with van der Waals surface area (Å²) in [5.41, 5.74) is 12.5. The molecule has 258 valence electrons. The molecule has 9 rings (SSSR count). The fraction of sp³-hybridized carbons (Fsp3) is 0.182. The first-order valence-electron chi connectivity index (χ1n) is 17.9. The molecule has 0 saturated carbocycles. The van der Waals surface area contributed by atoms with Crippen molar-refractivity contribution in [2.75, 3.05) is 28.2 Å². The van der Waals surface area contributed by atoms with Gasteiger partial charge in [-0.3, -0.25) is 0 Å². The van der Waals surface area contributed by atoms with Crippen LogP contribution in [0, 0.1) is 0 Å². The summed E-state index contributed by atoms with van der Waals surface area (Å²) in [4.78, 5) is 27.5. The van der Waals surface area contributed by atoms with E-state index >= 15 is 0 Å². The maximum absolute atomic E-state index is 5.76. The highest BCUT2D eigenvalue weighted by molar-refractivity contribution is 6.00. The topological polar surface area (TPSA) is 70.3 Å². The Morgan fingerprint density at radius 1 is 0.500 bits per heavy atom. The van der Waals surface area contributed by atoms with E-state index in [4.69, 9.17) is 9.97 Å². The molecule has 8 bridgehead atoms. The highest BCUT2D eigenvalue weighted by Crippen LogP contribution is 2.45. The second-order valence-electron chi connectivity index (χ2n) is 14.1. The number of hydrogen-bond donors (Lipinski definition) is 2. The number of aromatic amines is 2. The molecule has 0 radical (unpaired) electrons. The van der Waals surface area contributed by atoms with Gasteiger partial charge in [0.05, 0.1) is 52.5 Å². The fourth-order valence-electron chi connectivity index (χ4n) is 8.04. The number of hydrogen-bond acceptors (Lipinski definition) is 6. The molecule has 4 atom stereocenters. The summed E-state index contributed by atoms with van der Waals surface area (Å²) in [5.74, 6) is 0. The molecule has 8 nitrogen and oxygen atoms in total. The minimum absolute atomic E-state index is 0.0183. The molecule has 0 aromatic carbocycles. The number of likely N-dealkylation sites (N-methyl/N-ethyl adjacent to an activating group) is 4. The van der Waals surface area contributed by atoms with Gasteiger partial charge in [0.15, 0.2) is 0 Å². The summed E-state index contributed by atoms with van der Waals surface area (Å²) in [6, 6.07) is 12.8. The Morgan fingerprint density at radius 3 is 1.65 bits per heavy atom. The van der Waals surface area contributed by atoms with E-state index in [-0.39, 0.29) is 24.2 Å². The predicted molar refractivity (Wildman–Crippen MR) is 214 cm³/mol. The van der Waals surface area contributed by atoms with Crippen LogP contribution in [0.25, 0.3) is 45.4 Å². The standard InChI is InChI=1S/C44H42N8/c1-49-21-9-5-13-36(49)34-27-33-26-31-18-17-29(45-31)25-30-19-20-32(46-30)28-35-40(37-14-6-10-22-50(37)2)41(38-15-7-11-23-51(38)3)44(48-35)42(43(34)47-33)39-16-8-12-24-52(39)4/h5-28,36-39,45,47H,1-4H3. The lowest BCUT2D eigenvalue weighted by Crippen LogP contribution is -2.33. The molecule has 0 fully saturated rings. The van der Waals surface area contributed by atoms with Gasteiger partial charge in [-0.2, -0.15) is 0 Å². The maximum Gasteiger partial charge on any atom is 0.0774 e. The van der Waals surface area contributed by atoms with Crippen LogP contribution in [-0.2, 0) is 0 Å². The lowest BCUT2D eigenvalue weighted by atomic mass is 9.86. The zero-order valence-corrected chi connectivity index (χ0v) is 29.8. The first-order valence-corrected chi connectivity index (χ1v) is 17.9. The smallest absolute Gasteiger partial charge is 0.0774 e. The van der Waals surface area contributed by atoms with Crippen LogP contribution in [0.4, 0.5) is 0 Å². The van der Waals surface area contributed by atoms with Crippen molar-refractivity contribution in [2.45, 2.75) is 24.2 Å². The van der Waals surface area contributed by atoms with Crippen molar-refractivity contribution in [1.82, 2.24) is 39.5 Å². The molecule has 8 heteroatoms. The number of nitrogens with one attached hydrogen (secondary N) is 2. The molecule has 2 N–H and O–H groups in total. The molecule has 4 unspecified atom stereocenters. The largest absolute Gasteiger partial charge is 0.370 e. The van der Waals surface area contributed by atoms with Gasteiger partial charge in [0.2, 0.25) is 0 Å². The molecule has 3 aromatic heterocycles. The minimum atomic E-state index is -0.0970. The van der Waals surface area contributed by atoms with Crippen LogP contribution in [0.15, 0.2) is 134 Å². The van der Waals surface area contributed by atoms with E-state index in [2.05, 4.69) is 204 Å². The monoisotopic (exact) mass is 682 g/mol. The quantitative estimate of drug-likeness (QED) is 0.226. The number of aromatic nitrogens is 4. The summed E-state index contributed by atoms with van der Waals surface area (Å²) < 4.78 is 0. The predicted octanol–water partition coefficient (Wildman–Crippen LogP) is 8.28. The van der Waals surface area contributed by atoms with Crippen LogP contribution < -0.4 is 0 Å². The molecule has 0 saturated heterocycles. The Bertz CT molecular complexity index is 2420. The maximum atomic E-state index is 5.76. The lowest BCUT2D eigenvalue weighted by Gasteiger charge is -2.34. The normalized spacial score (nSPS) is 23.2. The van der Waals surface area contributed by atoms with E-state index in [1.54, 1.807) is 0 Å². The summed E-state index contributed by atoms with van der Waals surface area (Å²) in [5, 5.41) is 0. The summed E-state index contributed by atoms with van der Waals surface area (Å²) in [6.45, 7) is 0. The van der Waals surface area contributed by atoms with E-state index in [0.29, 0.717) is 0 Å². The molecule has 6 aliphatic rings. The molecule has 9 heterocycles. The molecule has 52 heavy (non-hydrogen) atoms. The molecule has 0 spiro atoms. The third-order valence-electron chi connectivity index (χ3n) is 10.6. The van der Waals surface area contributed by atoms with Gasteiger partial charge < -0.3 is 29.6 Å². The summed E-state index contributed by atoms with van der Waals surface area (Å²) >= 11 is 0. The average molecular weight is 683 g/mol. The Morgan fingerprint density at radius 2 is 1.04 bits per heavy atom. The molecule has 0 amide bonds. The van der Waals surface area contributed by atoms with Crippen molar-refractivity contribution in [3.05, 3.63) is 168 Å². The average Bonchev–Trinajstić information content (AvgIpc) is 3.95. The molecule has 3 aromatic rings. The minimum Gasteiger partial charge on any atom is -0.370 e. The third kappa shape index (κ3) is 5.57. The van der Waals surface area contributed by atoms with E-state index in [0.717, 1.165) is 50.4 Å². The van der Waals surface area contributed by atoms with E-state index in [1.807, 2.05) is 0 Å². The van der Waals surface area contributed by atoms with Gasteiger partial charge in [-0.1, -0.05) is 48.6 Å². The zero-order valence-electron chi connectivity index (χ0n) is 29.8. The van der Waals surface area contributed by atoms with Crippen LogP contribution in [0.1, 0.15) is 46.0 Å². The first kappa shape index (κ1) is 31.7. The van der Waals surface area contributed by atoms with Gasteiger partial charge in [-0.25, -0.2) is 9.97 Å². The highest BCUT2D eigenvalue weighted by atomic mass is 15.1. The molecule has 0 aliphatic carbocycles. The molecular formula is C44H42N8. The second-order valence-corrected chi connectivity index (χ2v) is 14.1. The van der Waals surface area contributed by atoms with E-state index < -0.39 is 0 Å². The van der Waals surface area contributed by atoms with Crippen molar-refractivity contribution in [1.29, 1.82) is 0 Å². The van der Waals surface area contributed by atoms with Crippen molar-refractivity contribution in [2.24, 2.45) is 0 Å². The highest BCUT2D eigenvalue weighted by Gasteiger charge is 2.37. The van der Waals surface area contributed by atoms with E-state index in [1.165, 1.54) is 16.7 Å². The Kier molecular flexibility index (Phi) is 7.80. The number of fused-ring (bicyclic) bond motifs is 8. The fourth-order valence-corrected chi connectivity index (χ4v) is 8.04. The number of rotatable bonds is 4. The Balaban J connectivity index is 1.48. The summed E-state index contributed by atoms with van der Waals surface area (Å²) in [7, 11) is 8.61.